The molecule has 5 nitrogen and oxygen atoms in total. The number of ether oxygens (including phenoxy) is 3. The Kier molecular flexibility index (Phi) is 7.73. The van der Waals surface area contributed by atoms with Gasteiger partial charge in [0.2, 0.25) is 5.75 Å². The van der Waals surface area contributed by atoms with E-state index in [4.69, 9.17) is 25.8 Å². The molecule has 0 aliphatic rings. The van der Waals surface area contributed by atoms with E-state index in [2.05, 4.69) is 5.32 Å². The lowest BCUT2D eigenvalue weighted by Crippen LogP contribution is -2.23. The Morgan fingerprint density at radius 2 is 1.59 bits per heavy atom. The van der Waals surface area contributed by atoms with E-state index >= 15 is 0 Å². The van der Waals surface area contributed by atoms with Gasteiger partial charge >= 0.3 is 0 Å². The first kappa shape index (κ1) is 20.8. The first-order valence-electron chi connectivity index (χ1n) is 8.78. The van der Waals surface area contributed by atoms with Crippen LogP contribution in [0, 0.1) is 5.82 Å². The molecule has 0 saturated heterocycles. The lowest BCUT2D eigenvalue weighted by atomic mass is 10.1. The van der Waals surface area contributed by atoms with Crippen LogP contribution in [0.2, 0.25) is 5.02 Å². The van der Waals surface area contributed by atoms with E-state index in [9.17, 15) is 9.18 Å². The van der Waals surface area contributed by atoms with Gasteiger partial charge in [-0.05, 0) is 50.6 Å². The number of carbonyl (C=O) groups is 1. The van der Waals surface area contributed by atoms with E-state index in [1.807, 2.05) is 20.8 Å². The van der Waals surface area contributed by atoms with Gasteiger partial charge in [0, 0.05) is 12.1 Å². The number of amides is 1. The van der Waals surface area contributed by atoms with Gasteiger partial charge in [0.25, 0.3) is 5.91 Å². The maximum absolute atomic E-state index is 13.2. The van der Waals surface area contributed by atoms with Gasteiger partial charge in [-0.15, -0.1) is 0 Å². The van der Waals surface area contributed by atoms with Crippen LogP contribution in [0.3, 0.4) is 0 Å². The molecule has 1 N–H and O–H groups in total. The van der Waals surface area contributed by atoms with Crippen molar-refractivity contribution < 1.29 is 23.4 Å². The van der Waals surface area contributed by atoms with Crippen molar-refractivity contribution in [1.82, 2.24) is 5.32 Å². The number of benzene rings is 2. The third-order valence-corrected chi connectivity index (χ3v) is 3.90. The highest BCUT2D eigenvalue weighted by Crippen LogP contribution is 2.39. The molecule has 146 valence electrons. The minimum Gasteiger partial charge on any atom is -0.490 e. The van der Waals surface area contributed by atoms with E-state index in [1.54, 1.807) is 18.2 Å². The Hall–Kier alpha value is -2.47. The largest absolute Gasteiger partial charge is 0.490 e. The summed E-state index contributed by atoms with van der Waals surface area (Å²) in [7, 11) is 0. The van der Waals surface area contributed by atoms with Gasteiger partial charge < -0.3 is 19.5 Å². The van der Waals surface area contributed by atoms with Crippen molar-refractivity contribution in [2.24, 2.45) is 0 Å². The number of carbonyl (C=O) groups excluding carboxylic acids is 1. The quantitative estimate of drug-likeness (QED) is 0.673. The lowest BCUT2D eigenvalue weighted by Gasteiger charge is -2.17. The first-order valence-corrected chi connectivity index (χ1v) is 9.16. The van der Waals surface area contributed by atoms with E-state index in [-0.39, 0.29) is 17.5 Å². The Bertz CT molecular complexity index is 771. The summed E-state index contributed by atoms with van der Waals surface area (Å²) >= 11 is 5.77. The normalized spacial score (nSPS) is 10.4. The summed E-state index contributed by atoms with van der Waals surface area (Å²) < 4.78 is 30.1. The molecular formula is C20H23ClFNO4. The molecule has 2 aromatic rings. The Balaban J connectivity index is 2.24. The van der Waals surface area contributed by atoms with Crippen molar-refractivity contribution in [1.29, 1.82) is 0 Å². The summed E-state index contributed by atoms with van der Waals surface area (Å²) in [5.41, 5.74) is 1.06. The predicted molar refractivity (Wildman–Crippen MR) is 103 cm³/mol. The first-order chi connectivity index (χ1) is 13.0. The predicted octanol–water partition coefficient (Wildman–Crippen LogP) is 4.61. The summed E-state index contributed by atoms with van der Waals surface area (Å²) in [6, 6.07) is 7.54. The van der Waals surface area contributed by atoms with Crippen LogP contribution in [0.15, 0.2) is 30.3 Å². The second-order valence-electron chi connectivity index (χ2n) is 5.53. The fourth-order valence-corrected chi connectivity index (χ4v) is 2.66. The SMILES string of the molecule is CCOc1cc(C(=O)NCc2ccc(F)c(Cl)c2)cc(OCC)c1OCC. The number of hydrogen-bond donors (Lipinski definition) is 1. The fourth-order valence-electron chi connectivity index (χ4n) is 2.45. The number of hydrogen-bond acceptors (Lipinski definition) is 4. The van der Waals surface area contributed by atoms with Crippen LogP contribution < -0.4 is 19.5 Å². The van der Waals surface area contributed by atoms with Gasteiger partial charge in [-0.3, -0.25) is 4.79 Å². The fraction of sp³-hybridized carbons (Fsp3) is 0.350. The number of halogens is 2. The van der Waals surface area contributed by atoms with Gasteiger partial charge in [-0.25, -0.2) is 4.39 Å². The monoisotopic (exact) mass is 395 g/mol. The molecule has 0 heterocycles. The summed E-state index contributed by atoms with van der Waals surface area (Å²) in [5.74, 6) is 0.546. The molecule has 0 saturated carbocycles. The molecule has 27 heavy (non-hydrogen) atoms. The molecule has 2 aromatic carbocycles. The Labute approximate surface area is 163 Å². The molecule has 0 radical (unpaired) electrons. The van der Waals surface area contributed by atoms with Crippen LogP contribution in [0.1, 0.15) is 36.7 Å². The van der Waals surface area contributed by atoms with E-state index in [1.165, 1.54) is 12.1 Å². The number of nitrogens with one attached hydrogen (secondary N) is 1. The topological polar surface area (TPSA) is 56.8 Å². The minimum atomic E-state index is -0.499. The van der Waals surface area contributed by atoms with Gasteiger partial charge in [-0.2, -0.15) is 0 Å². The zero-order valence-corrected chi connectivity index (χ0v) is 16.4. The van der Waals surface area contributed by atoms with Gasteiger partial charge in [0.15, 0.2) is 11.5 Å². The van der Waals surface area contributed by atoms with Crippen molar-refractivity contribution >= 4 is 17.5 Å². The average molecular weight is 396 g/mol. The molecule has 1 amide bonds. The van der Waals surface area contributed by atoms with E-state index in [0.717, 1.165) is 0 Å². The molecule has 0 aliphatic heterocycles. The molecule has 0 unspecified atom stereocenters. The highest BCUT2D eigenvalue weighted by Gasteiger charge is 2.18. The van der Waals surface area contributed by atoms with Crippen molar-refractivity contribution in [2.75, 3.05) is 19.8 Å². The van der Waals surface area contributed by atoms with Crippen LogP contribution in [0.4, 0.5) is 4.39 Å². The Morgan fingerprint density at radius 1 is 1.00 bits per heavy atom. The summed E-state index contributed by atoms with van der Waals surface area (Å²) in [5, 5.41) is 2.79. The van der Waals surface area contributed by atoms with Crippen LogP contribution in [0.5, 0.6) is 17.2 Å². The molecule has 7 heteroatoms. The Morgan fingerprint density at radius 3 is 2.11 bits per heavy atom. The van der Waals surface area contributed by atoms with E-state index < -0.39 is 5.82 Å². The standard InChI is InChI=1S/C20H23ClFNO4/c1-4-25-17-10-14(11-18(26-5-2)19(17)27-6-3)20(24)23-12-13-7-8-16(22)15(21)9-13/h7-11H,4-6,12H2,1-3H3,(H,23,24). The van der Waals surface area contributed by atoms with Gasteiger partial charge in [-0.1, -0.05) is 17.7 Å². The number of rotatable bonds is 9. The zero-order valence-electron chi connectivity index (χ0n) is 15.6. The van der Waals surface area contributed by atoms with E-state index in [0.29, 0.717) is 48.2 Å². The molecule has 0 aliphatic carbocycles. The maximum Gasteiger partial charge on any atom is 0.251 e. The van der Waals surface area contributed by atoms with Crippen molar-refractivity contribution in [3.05, 3.63) is 52.3 Å². The highest BCUT2D eigenvalue weighted by molar-refractivity contribution is 6.30. The summed E-state index contributed by atoms with van der Waals surface area (Å²) in [4.78, 5) is 12.6. The molecular weight excluding hydrogens is 373 g/mol. The molecule has 0 bridgehead atoms. The molecule has 0 atom stereocenters. The second-order valence-corrected chi connectivity index (χ2v) is 5.94. The summed E-state index contributed by atoms with van der Waals surface area (Å²) in [6.45, 7) is 7.05. The zero-order chi connectivity index (χ0) is 19.8. The molecule has 0 aromatic heterocycles. The van der Waals surface area contributed by atoms with Crippen LogP contribution in [-0.4, -0.2) is 25.7 Å². The second kappa shape index (κ2) is 10.0. The molecule has 0 fully saturated rings. The molecule has 0 spiro atoms. The lowest BCUT2D eigenvalue weighted by molar-refractivity contribution is 0.0949. The minimum absolute atomic E-state index is 0.0140. The van der Waals surface area contributed by atoms with Crippen LogP contribution in [0.25, 0.3) is 0 Å². The smallest absolute Gasteiger partial charge is 0.251 e. The van der Waals surface area contributed by atoms with Crippen molar-refractivity contribution in [3.63, 3.8) is 0 Å². The van der Waals surface area contributed by atoms with Gasteiger partial charge in [0.05, 0.1) is 24.8 Å². The van der Waals surface area contributed by atoms with Crippen molar-refractivity contribution in [2.45, 2.75) is 27.3 Å². The van der Waals surface area contributed by atoms with Gasteiger partial charge in [0.1, 0.15) is 5.82 Å². The molecule has 2 rings (SSSR count). The van der Waals surface area contributed by atoms with Crippen LogP contribution >= 0.6 is 11.6 Å². The highest BCUT2D eigenvalue weighted by atomic mass is 35.5. The third kappa shape index (κ3) is 5.50. The van der Waals surface area contributed by atoms with Crippen LogP contribution in [-0.2, 0) is 6.54 Å². The maximum atomic E-state index is 13.2. The average Bonchev–Trinajstić information content (AvgIpc) is 2.65. The third-order valence-electron chi connectivity index (χ3n) is 3.61. The summed E-state index contributed by atoms with van der Waals surface area (Å²) in [6.07, 6.45) is 0. The van der Waals surface area contributed by atoms with Crippen molar-refractivity contribution in [3.8, 4) is 17.2 Å².